The molecular formula is C24H25FN2O2S. The Labute approximate surface area is 180 Å². The minimum absolute atomic E-state index is 0.128. The first-order valence-electron chi connectivity index (χ1n) is 10.2. The highest BCUT2D eigenvalue weighted by atomic mass is 32.1. The quantitative estimate of drug-likeness (QED) is 0.529. The second-order valence-corrected chi connectivity index (χ2v) is 8.46. The summed E-state index contributed by atoms with van der Waals surface area (Å²) in [6, 6.07) is 15.8. The van der Waals surface area contributed by atoms with Crippen LogP contribution in [-0.2, 0) is 13.2 Å². The number of likely N-dealkylation sites (tertiary alicyclic amines) is 1. The smallest absolute Gasteiger partial charge is 0.265 e. The van der Waals surface area contributed by atoms with E-state index in [0.29, 0.717) is 17.2 Å². The van der Waals surface area contributed by atoms with Crippen LogP contribution in [0, 0.1) is 5.82 Å². The summed E-state index contributed by atoms with van der Waals surface area (Å²) in [5.74, 6) is 0.173. The molecule has 0 spiro atoms. The molecule has 156 valence electrons. The molecule has 3 aromatic rings. The number of thiophene rings is 1. The summed E-state index contributed by atoms with van der Waals surface area (Å²) in [5, 5.41) is 4.86. The van der Waals surface area contributed by atoms with Crippen molar-refractivity contribution >= 4 is 22.9 Å². The van der Waals surface area contributed by atoms with Gasteiger partial charge in [0.1, 0.15) is 18.2 Å². The maximum Gasteiger partial charge on any atom is 0.265 e. The first kappa shape index (κ1) is 20.6. The number of amides is 1. The largest absolute Gasteiger partial charge is 0.489 e. The van der Waals surface area contributed by atoms with Crippen molar-refractivity contribution in [2.24, 2.45) is 0 Å². The monoisotopic (exact) mass is 424 g/mol. The molecule has 1 aliphatic heterocycles. The van der Waals surface area contributed by atoms with Crippen molar-refractivity contribution in [3.63, 3.8) is 0 Å². The van der Waals surface area contributed by atoms with Crippen molar-refractivity contribution in [2.45, 2.75) is 32.4 Å². The van der Waals surface area contributed by atoms with E-state index in [2.05, 4.69) is 22.3 Å². The van der Waals surface area contributed by atoms with Gasteiger partial charge in [0.25, 0.3) is 5.91 Å². The van der Waals surface area contributed by atoms with Crippen LogP contribution in [0.3, 0.4) is 0 Å². The third-order valence-corrected chi connectivity index (χ3v) is 6.14. The molecule has 0 radical (unpaired) electrons. The Morgan fingerprint density at radius 3 is 2.47 bits per heavy atom. The van der Waals surface area contributed by atoms with Gasteiger partial charge >= 0.3 is 0 Å². The maximum atomic E-state index is 12.9. The summed E-state index contributed by atoms with van der Waals surface area (Å²) in [7, 11) is 0. The summed E-state index contributed by atoms with van der Waals surface area (Å²) < 4.78 is 18.6. The summed E-state index contributed by atoms with van der Waals surface area (Å²) in [4.78, 5) is 15.7. The molecular weight excluding hydrogens is 399 g/mol. The summed E-state index contributed by atoms with van der Waals surface area (Å²) in [6.07, 6.45) is 3.90. The van der Waals surface area contributed by atoms with Crippen LogP contribution >= 0.6 is 11.3 Å². The zero-order valence-electron chi connectivity index (χ0n) is 16.8. The lowest BCUT2D eigenvalue weighted by Gasteiger charge is -2.26. The van der Waals surface area contributed by atoms with E-state index in [4.69, 9.17) is 4.74 Å². The van der Waals surface area contributed by atoms with Crippen LogP contribution in [0.2, 0.25) is 0 Å². The van der Waals surface area contributed by atoms with Gasteiger partial charge in [-0.1, -0.05) is 18.6 Å². The van der Waals surface area contributed by atoms with Gasteiger partial charge in [0.15, 0.2) is 0 Å². The first-order chi connectivity index (χ1) is 14.7. The summed E-state index contributed by atoms with van der Waals surface area (Å²) in [5.41, 5.74) is 2.97. The van der Waals surface area contributed by atoms with Gasteiger partial charge in [0, 0.05) is 17.8 Å². The zero-order chi connectivity index (χ0) is 20.8. The van der Waals surface area contributed by atoms with Crippen LogP contribution in [0.5, 0.6) is 5.75 Å². The minimum atomic E-state index is -0.295. The third-order valence-electron chi connectivity index (χ3n) is 5.16. The fourth-order valence-electron chi connectivity index (χ4n) is 3.53. The normalized spacial score (nSPS) is 14.4. The van der Waals surface area contributed by atoms with Gasteiger partial charge in [0.05, 0.1) is 4.88 Å². The van der Waals surface area contributed by atoms with E-state index in [1.54, 1.807) is 12.1 Å². The number of benzene rings is 2. The Bertz CT molecular complexity index is 964. The number of nitrogens with one attached hydrogen (secondary N) is 1. The highest BCUT2D eigenvalue weighted by Crippen LogP contribution is 2.20. The lowest BCUT2D eigenvalue weighted by molar-refractivity contribution is 0.103. The molecule has 4 rings (SSSR count). The highest BCUT2D eigenvalue weighted by molar-refractivity contribution is 7.12. The molecule has 30 heavy (non-hydrogen) atoms. The molecule has 0 aliphatic carbocycles. The van der Waals surface area contributed by atoms with Crippen LogP contribution in [0.25, 0.3) is 0 Å². The van der Waals surface area contributed by atoms with Gasteiger partial charge in [-0.05, 0) is 79.3 Å². The second kappa shape index (κ2) is 9.87. The number of hydrogen-bond acceptors (Lipinski definition) is 4. The van der Waals surface area contributed by atoms with E-state index in [1.807, 2.05) is 23.6 Å². The fraction of sp³-hybridized carbons (Fsp3) is 0.292. The average molecular weight is 425 g/mol. The number of hydrogen-bond donors (Lipinski definition) is 1. The zero-order valence-corrected chi connectivity index (χ0v) is 17.6. The predicted octanol–water partition coefficient (Wildman–Crippen LogP) is 5.70. The lowest BCUT2D eigenvalue weighted by Crippen LogP contribution is -2.29. The topological polar surface area (TPSA) is 41.6 Å². The summed E-state index contributed by atoms with van der Waals surface area (Å²) >= 11 is 1.38. The molecule has 1 aromatic heterocycles. The molecule has 2 heterocycles. The predicted molar refractivity (Wildman–Crippen MR) is 119 cm³/mol. The van der Waals surface area contributed by atoms with Crippen molar-refractivity contribution in [1.29, 1.82) is 0 Å². The van der Waals surface area contributed by atoms with Crippen LogP contribution in [-0.4, -0.2) is 23.9 Å². The molecule has 0 unspecified atom stereocenters. The van der Waals surface area contributed by atoms with Crippen LogP contribution in [0.15, 0.2) is 60.0 Å². The SMILES string of the molecule is O=C(Nc1ccc(CN2CCCCC2)cc1)c1cc(COc2ccc(F)cc2)cs1. The Hall–Kier alpha value is -2.70. The highest BCUT2D eigenvalue weighted by Gasteiger charge is 2.12. The molecule has 1 aliphatic rings. The van der Waals surface area contributed by atoms with Gasteiger partial charge in [0.2, 0.25) is 0 Å². The molecule has 4 nitrogen and oxygen atoms in total. The summed E-state index contributed by atoms with van der Waals surface area (Å²) in [6.45, 7) is 3.64. The van der Waals surface area contributed by atoms with E-state index in [0.717, 1.165) is 17.8 Å². The van der Waals surface area contributed by atoms with Crippen molar-refractivity contribution in [3.05, 3.63) is 81.8 Å². The Morgan fingerprint density at radius 1 is 1.00 bits per heavy atom. The van der Waals surface area contributed by atoms with Gasteiger partial charge in [-0.3, -0.25) is 9.69 Å². The van der Waals surface area contributed by atoms with Crippen molar-refractivity contribution in [2.75, 3.05) is 18.4 Å². The average Bonchev–Trinajstić information content (AvgIpc) is 3.25. The number of halogens is 1. The number of carbonyl (C=O) groups excluding carboxylic acids is 1. The number of rotatable bonds is 7. The van der Waals surface area contributed by atoms with Gasteiger partial charge in [-0.15, -0.1) is 11.3 Å². The second-order valence-electron chi connectivity index (χ2n) is 7.55. The van der Waals surface area contributed by atoms with Crippen molar-refractivity contribution < 1.29 is 13.9 Å². The van der Waals surface area contributed by atoms with Gasteiger partial charge in [-0.2, -0.15) is 0 Å². The van der Waals surface area contributed by atoms with Crippen LogP contribution in [0.4, 0.5) is 10.1 Å². The van der Waals surface area contributed by atoms with E-state index < -0.39 is 0 Å². The minimum Gasteiger partial charge on any atom is -0.489 e. The van der Waals surface area contributed by atoms with Crippen LogP contribution in [0.1, 0.15) is 40.1 Å². The Morgan fingerprint density at radius 2 is 1.73 bits per heavy atom. The molecule has 1 saturated heterocycles. The lowest BCUT2D eigenvalue weighted by atomic mass is 10.1. The Balaban J connectivity index is 1.28. The fourth-order valence-corrected chi connectivity index (χ4v) is 4.32. The molecule has 2 aromatic carbocycles. The van der Waals surface area contributed by atoms with Gasteiger partial charge in [-0.25, -0.2) is 4.39 Å². The van der Waals surface area contributed by atoms with Crippen molar-refractivity contribution in [1.82, 2.24) is 4.90 Å². The first-order valence-corrected chi connectivity index (χ1v) is 11.1. The molecule has 0 atom stereocenters. The van der Waals surface area contributed by atoms with E-state index in [1.165, 1.54) is 61.4 Å². The van der Waals surface area contributed by atoms with Crippen molar-refractivity contribution in [3.8, 4) is 5.75 Å². The molecule has 1 fully saturated rings. The number of ether oxygens (including phenoxy) is 1. The number of nitrogens with zero attached hydrogens (tertiary/aromatic N) is 1. The van der Waals surface area contributed by atoms with Crippen LogP contribution < -0.4 is 10.1 Å². The molecule has 1 amide bonds. The number of piperidine rings is 1. The maximum absolute atomic E-state index is 12.9. The standard InChI is InChI=1S/C24H25FN2O2S/c25-20-6-10-22(11-7-20)29-16-19-14-23(30-17-19)24(28)26-21-8-4-18(5-9-21)15-27-12-2-1-3-13-27/h4-11,14,17H,1-3,12-13,15-16H2,(H,26,28). The molecule has 1 N–H and O–H groups in total. The van der Waals surface area contributed by atoms with E-state index >= 15 is 0 Å². The third kappa shape index (κ3) is 5.68. The molecule has 0 saturated carbocycles. The van der Waals surface area contributed by atoms with E-state index in [-0.39, 0.29) is 11.7 Å². The molecule has 0 bridgehead atoms. The number of carbonyl (C=O) groups is 1. The molecule has 6 heteroatoms. The van der Waals surface area contributed by atoms with E-state index in [9.17, 15) is 9.18 Å². The Kier molecular flexibility index (Phi) is 6.77. The number of anilines is 1. The van der Waals surface area contributed by atoms with Gasteiger partial charge < -0.3 is 10.1 Å².